The minimum atomic E-state index is -0.399. The number of amides is 2. The average Bonchev–Trinajstić information content (AvgIpc) is 2.96. The SMILES string of the molecule is CN(C)C(CNC(=O)CCCNC(=O)C(C)(C)C)c1ccco1. The van der Waals surface area contributed by atoms with Gasteiger partial charge in [-0.15, -0.1) is 0 Å². The van der Waals surface area contributed by atoms with Crippen molar-refractivity contribution in [2.45, 2.75) is 39.7 Å². The Kier molecular flexibility index (Phi) is 7.29. The molecule has 1 aromatic heterocycles. The molecule has 23 heavy (non-hydrogen) atoms. The highest BCUT2D eigenvalue weighted by atomic mass is 16.3. The van der Waals surface area contributed by atoms with Gasteiger partial charge in [0, 0.05) is 24.9 Å². The van der Waals surface area contributed by atoms with Crippen LogP contribution in [0.25, 0.3) is 0 Å². The molecule has 2 N–H and O–H groups in total. The fourth-order valence-corrected chi connectivity index (χ4v) is 2.03. The number of nitrogens with zero attached hydrogens (tertiary/aromatic N) is 1. The smallest absolute Gasteiger partial charge is 0.225 e. The summed E-state index contributed by atoms with van der Waals surface area (Å²) in [5.41, 5.74) is -0.399. The monoisotopic (exact) mass is 323 g/mol. The van der Waals surface area contributed by atoms with Gasteiger partial charge in [0.2, 0.25) is 11.8 Å². The summed E-state index contributed by atoms with van der Waals surface area (Å²) in [6, 6.07) is 3.75. The molecule has 0 aliphatic heterocycles. The molecule has 0 fully saturated rings. The molecule has 6 heteroatoms. The first-order chi connectivity index (χ1) is 10.7. The molecule has 1 heterocycles. The molecular formula is C17H29N3O3. The third-order valence-corrected chi connectivity index (χ3v) is 3.53. The lowest BCUT2D eigenvalue weighted by molar-refractivity contribution is -0.128. The van der Waals surface area contributed by atoms with E-state index in [4.69, 9.17) is 4.42 Å². The van der Waals surface area contributed by atoms with Gasteiger partial charge in [0.25, 0.3) is 0 Å². The van der Waals surface area contributed by atoms with Crippen LogP contribution in [0.5, 0.6) is 0 Å². The van der Waals surface area contributed by atoms with Gasteiger partial charge in [0.15, 0.2) is 0 Å². The summed E-state index contributed by atoms with van der Waals surface area (Å²) in [6.07, 6.45) is 2.65. The molecule has 0 saturated heterocycles. The Labute approximate surface area is 138 Å². The third-order valence-electron chi connectivity index (χ3n) is 3.53. The Bertz CT molecular complexity index is 490. The van der Waals surface area contributed by atoms with Crippen LogP contribution in [-0.2, 0) is 9.59 Å². The van der Waals surface area contributed by atoms with Gasteiger partial charge in [-0.25, -0.2) is 0 Å². The quantitative estimate of drug-likeness (QED) is 0.717. The number of carbonyl (C=O) groups excluding carboxylic acids is 2. The zero-order chi connectivity index (χ0) is 17.5. The van der Waals surface area contributed by atoms with Gasteiger partial charge >= 0.3 is 0 Å². The topological polar surface area (TPSA) is 74.6 Å². The Morgan fingerprint density at radius 3 is 2.48 bits per heavy atom. The lowest BCUT2D eigenvalue weighted by Crippen LogP contribution is -2.36. The Morgan fingerprint density at radius 2 is 1.96 bits per heavy atom. The maximum Gasteiger partial charge on any atom is 0.225 e. The average molecular weight is 323 g/mol. The molecule has 0 saturated carbocycles. The number of furan rings is 1. The van der Waals surface area contributed by atoms with Crippen molar-refractivity contribution in [1.82, 2.24) is 15.5 Å². The molecule has 1 rings (SSSR count). The van der Waals surface area contributed by atoms with Gasteiger partial charge in [0.05, 0.1) is 12.3 Å². The van der Waals surface area contributed by atoms with Gasteiger partial charge in [-0.3, -0.25) is 14.5 Å². The zero-order valence-electron chi connectivity index (χ0n) is 14.8. The molecule has 130 valence electrons. The second-order valence-electron chi connectivity index (χ2n) is 6.91. The molecule has 0 aliphatic rings. The van der Waals surface area contributed by atoms with Crippen molar-refractivity contribution in [2.24, 2.45) is 5.41 Å². The van der Waals surface area contributed by atoms with Gasteiger partial charge in [0.1, 0.15) is 5.76 Å². The fraction of sp³-hybridized carbons (Fsp3) is 0.647. The lowest BCUT2D eigenvalue weighted by Gasteiger charge is -2.22. The van der Waals surface area contributed by atoms with Crippen LogP contribution < -0.4 is 10.6 Å². The Balaban J connectivity index is 2.27. The fourth-order valence-electron chi connectivity index (χ4n) is 2.03. The first-order valence-electron chi connectivity index (χ1n) is 7.96. The summed E-state index contributed by atoms with van der Waals surface area (Å²) < 4.78 is 5.41. The van der Waals surface area contributed by atoms with Gasteiger partial charge in [-0.1, -0.05) is 20.8 Å². The van der Waals surface area contributed by atoms with Gasteiger partial charge in [-0.2, -0.15) is 0 Å². The standard InChI is InChI=1S/C17H29N3O3/c1-17(2,3)16(22)18-10-6-9-15(21)19-12-13(20(4)5)14-8-7-11-23-14/h7-8,11,13H,6,9-10,12H2,1-5H3,(H,18,22)(H,19,21). The molecule has 1 atom stereocenters. The van der Waals surface area contributed by atoms with Crippen molar-refractivity contribution < 1.29 is 14.0 Å². The van der Waals surface area contributed by atoms with Gasteiger partial charge < -0.3 is 15.1 Å². The summed E-state index contributed by atoms with van der Waals surface area (Å²) in [6.45, 7) is 6.60. The maximum atomic E-state index is 11.9. The van der Waals surface area contributed by atoms with Crippen LogP contribution in [0.3, 0.4) is 0 Å². The summed E-state index contributed by atoms with van der Waals surface area (Å²) in [5, 5.41) is 5.76. The molecule has 0 bridgehead atoms. The van der Waals surface area contributed by atoms with E-state index in [1.54, 1.807) is 6.26 Å². The minimum absolute atomic E-state index is 0.00315. The highest BCUT2D eigenvalue weighted by Gasteiger charge is 2.20. The van der Waals surface area contributed by atoms with Crippen molar-refractivity contribution in [1.29, 1.82) is 0 Å². The van der Waals surface area contributed by atoms with E-state index >= 15 is 0 Å². The molecule has 1 aromatic rings. The van der Waals surface area contributed by atoms with Crippen LogP contribution in [-0.4, -0.2) is 43.9 Å². The van der Waals surface area contributed by atoms with Crippen LogP contribution in [0.2, 0.25) is 0 Å². The molecule has 0 aliphatic carbocycles. The highest BCUT2D eigenvalue weighted by Crippen LogP contribution is 2.17. The van der Waals surface area contributed by atoms with E-state index in [1.165, 1.54) is 0 Å². The summed E-state index contributed by atoms with van der Waals surface area (Å²) >= 11 is 0. The van der Waals surface area contributed by atoms with Crippen LogP contribution in [0.15, 0.2) is 22.8 Å². The number of rotatable bonds is 8. The predicted octanol–water partition coefficient (Wildman–Crippen LogP) is 1.94. The number of hydrogen-bond acceptors (Lipinski definition) is 4. The predicted molar refractivity (Wildman–Crippen MR) is 89.8 cm³/mol. The van der Waals surface area contributed by atoms with E-state index in [-0.39, 0.29) is 17.9 Å². The molecule has 0 aromatic carbocycles. The first-order valence-corrected chi connectivity index (χ1v) is 7.96. The van der Waals surface area contributed by atoms with Crippen molar-refractivity contribution in [3.05, 3.63) is 24.2 Å². The molecule has 1 unspecified atom stereocenters. The number of carbonyl (C=O) groups is 2. The number of likely N-dealkylation sites (N-methyl/N-ethyl adjacent to an activating group) is 1. The molecule has 0 radical (unpaired) electrons. The van der Waals surface area contributed by atoms with E-state index in [2.05, 4.69) is 10.6 Å². The number of nitrogens with one attached hydrogen (secondary N) is 2. The van der Waals surface area contributed by atoms with E-state index in [0.717, 1.165) is 5.76 Å². The van der Waals surface area contributed by atoms with E-state index < -0.39 is 5.41 Å². The molecule has 2 amide bonds. The van der Waals surface area contributed by atoms with Crippen LogP contribution >= 0.6 is 0 Å². The Hall–Kier alpha value is -1.82. The molecule has 0 spiro atoms. The summed E-state index contributed by atoms with van der Waals surface area (Å²) in [7, 11) is 3.89. The van der Waals surface area contributed by atoms with Gasteiger partial charge in [-0.05, 0) is 32.6 Å². The van der Waals surface area contributed by atoms with Crippen LogP contribution in [0.1, 0.15) is 45.4 Å². The second kappa shape index (κ2) is 8.72. The normalized spacial score (nSPS) is 13.0. The lowest BCUT2D eigenvalue weighted by atomic mass is 9.96. The van der Waals surface area contributed by atoms with E-state index in [1.807, 2.05) is 51.9 Å². The zero-order valence-corrected chi connectivity index (χ0v) is 14.8. The second-order valence-corrected chi connectivity index (χ2v) is 6.91. The van der Waals surface area contributed by atoms with Crippen molar-refractivity contribution >= 4 is 11.8 Å². The first kappa shape index (κ1) is 19.2. The summed E-state index contributed by atoms with van der Waals surface area (Å²) in [4.78, 5) is 25.6. The van der Waals surface area contributed by atoms with Crippen LogP contribution in [0, 0.1) is 5.41 Å². The summed E-state index contributed by atoms with van der Waals surface area (Å²) in [5.74, 6) is 0.810. The number of hydrogen-bond donors (Lipinski definition) is 2. The molecule has 6 nitrogen and oxygen atoms in total. The van der Waals surface area contributed by atoms with Crippen molar-refractivity contribution in [3.63, 3.8) is 0 Å². The van der Waals surface area contributed by atoms with E-state index in [0.29, 0.717) is 25.9 Å². The molecular weight excluding hydrogens is 294 g/mol. The van der Waals surface area contributed by atoms with Crippen LogP contribution in [0.4, 0.5) is 0 Å². The van der Waals surface area contributed by atoms with Crippen molar-refractivity contribution in [2.75, 3.05) is 27.2 Å². The third kappa shape index (κ3) is 6.86. The largest absolute Gasteiger partial charge is 0.468 e. The maximum absolute atomic E-state index is 11.9. The van der Waals surface area contributed by atoms with E-state index in [9.17, 15) is 9.59 Å². The Morgan fingerprint density at radius 1 is 1.26 bits per heavy atom. The van der Waals surface area contributed by atoms with Crippen molar-refractivity contribution in [3.8, 4) is 0 Å². The highest BCUT2D eigenvalue weighted by molar-refractivity contribution is 5.81. The minimum Gasteiger partial charge on any atom is -0.468 e.